The minimum absolute atomic E-state index is 0.0560. The highest BCUT2D eigenvalue weighted by Gasteiger charge is 2.27. The Morgan fingerprint density at radius 3 is 2.58 bits per heavy atom. The van der Waals surface area contributed by atoms with Gasteiger partial charge in [0.2, 0.25) is 6.79 Å². The summed E-state index contributed by atoms with van der Waals surface area (Å²) in [6, 6.07) is 5.44. The molecule has 0 spiro atoms. The zero-order valence-electron chi connectivity index (χ0n) is 15.4. The molecule has 0 radical (unpaired) electrons. The monoisotopic (exact) mass is 361 g/mol. The molecule has 1 aliphatic heterocycles. The third-order valence-electron chi connectivity index (χ3n) is 5.01. The van der Waals surface area contributed by atoms with E-state index in [0.29, 0.717) is 30.2 Å². The molecule has 142 valence electrons. The van der Waals surface area contributed by atoms with Crippen molar-refractivity contribution in [3.05, 3.63) is 23.8 Å². The van der Waals surface area contributed by atoms with Crippen LogP contribution in [-0.2, 0) is 9.53 Å². The van der Waals surface area contributed by atoms with Gasteiger partial charge >= 0.3 is 5.97 Å². The Labute approximate surface area is 154 Å². The van der Waals surface area contributed by atoms with Gasteiger partial charge in [-0.15, -0.1) is 0 Å². The SMILES string of the molecule is CCOC(=O)CCN(C(=O)c1ccc2c(c1)OCO2)C1CCCCCC1. The second-order valence-corrected chi connectivity index (χ2v) is 6.77. The summed E-state index contributed by atoms with van der Waals surface area (Å²) >= 11 is 0. The molecule has 0 unspecified atom stereocenters. The molecule has 6 heteroatoms. The Morgan fingerprint density at radius 1 is 1.12 bits per heavy atom. The van der Waals surface area contributed by atoms with Gasteiger partial charge in [0.15, 0.2) is 11.5 Å². The predicted octanol–water partition coefficient (Wildman–Crippen LogP) is 3.53. The summed E-state index contributed by atoms with van der Waals surface area (Å²) in [5.41, 5.74) is 0.572. The summed E-state index contributed by atoms with van der Waals surface area (Å²) in [7, 11) is 0. The summed E-state index contributed by atoms with van der Waals surface area (Å²) in [5.74, 6) is 0.945. The van der Waals surface area contributed by atoms with E-state index in [1.54, 1.807) is 25.1 Å². The van der Waals surface area contributed by atoms with Gasteiger partial charge in [0.25, 0.3) is 5.91 Å². The van der Waals surface area contributed by atoms with Crippen LogP contribution in [0.5, 0.6) is 11.5 Å². The molecule has 6 nitrogen and oxygen atoms in total. The summed E-state index contributed by atoms with van der Waals surface area (Å²) in [6.07, 6.45) is 6.85. The topological polar surface area (TPSA) is 65.1 Å². The van der Waals surface area contributed by atoms with Crippen LogP contribution in [0.15, 0.2) is 18.2 Å². The fourth-order valence-corrected chi connectivity index (χ4v) is 3.66. The third-order valence-corrected chi connectivity index (χ3v) is 5.01. The zero-order valence-corrected chi connectivity index (χ0v) is 15.4. The maximum absolute atomic E-state index is 13.2. The lowest BCUT2D eigenvalue weighted by atomic mass is 10.0. The Morgan fingerprint density at radius 2 is 1.85 bits per heavy atom. The first-order chi connectivity index (χ1) is 12.7. The largest absolute Gasteiger partial charge is 0.466 e. The molecular formula is C20H27NO5. The molecule has 0 aromatic heterocycles. The Kier molecular flexibility index (Phi) is 6.36. The second kappa shape index (κ2) is 8.92. The average Bonchev–Trinajstić information content (AvgIpc) is 2.95. The van der Waals surface area contributed by atoms with Crippen LogP contribution in [0.3, 0.4) is 0 Å². The standard InChI is InChI=1S/C20H27NO5/c1-2-24-19(22)11-12-21(16-7-5-3-4-6-8-16)20(23)15-9-10-17-18(13-15)26-14-25-17/h9-10,13,16H,2-8,11-12,14H2,1H3. The van der Waals surface area contributed by atoms with E-state index >= 15 is 0 Å². The highest BCUT2D eigenvalue weighted by molar-refractivity contribution is 5.95. The molecule has 2 aliphatic rings. The number of nitrogens with zero attached hydrogens (tertiary/aromatic N) is 1. The van der Waals surface area contributed by atoms with E-state index in [9.17, 15) is 9.59 Å². The van der Waals surface area contributed by atoms with E-state index in [2.05, 4.69) is 0 Å². The summed E-state index contributed by atoms with van der Waals surface area (Å²) < 4.78 is 15.8. The van der Waals surface area contributed by atoms with Gasteiger partial charge in [-0.05, 0) is 38.0 Å². The van der Waals surface area contributed by atoms with Crippen molar-refractivity contribution in [2.24, 2.45) is 0 Å². The summed E-state index contributed by atoms with van der Waals surface area (Å²) in [6.45, 7) is 2.72. The number of hydrogen-bond donors (Lipinski definition) is 0. The molecule has 0 atom stereocenters. The number of rotatable bonds is 6. The zero-order chi connectivity index (χ0) is 18.4. The second-order valence-electron chi connectivity index (χ2n) is 6.77. The lowest BCUT2D eigenvalue weighted by molar-refractivity contribution is -0.143. The fourth-order valence-electron chi connectivity index (χ4n) is 3.66. The molecule has 1 fully saturated rings. The van der Waals surface area contributed by atoms with Crippen LogP contribution in [0.2, 0.25) is 0 Å². The van der Waals surface area contributed by atoms with Crippen molar-refractivity contribution in [1.29, 1.82) is 0 Å². The van der Waals surface area contributed by atoms with Gasteiger partial charge in [-0.3, -0.25) is 9.59 Å². The normalized spacial score (nSPS) is 16.8. The van der Waals surface area contributed by atoms with Crippen molar-refractivity contribution >= 4 is 11.9 Å². The van der Waals surface area contributed by atoms with Crippen molar-refractivity contribution in [2.75, 3.05) is 19.9 Å². The lowest BCUT2D eigenvalue weighted by Crippen LogP contribution is -2.41. The molecule has 1 aromatic rings. The van der Waals surface area contributed by atoms with Crippen molar-refractivity contribution in [3.63, 3.8) is 0 Å². The number of hydrogen-bond acceptors (Lipinski definition) is 5. The number of carbonyl (C=O) groups is 2. The summed E-state index contributed by atoms with van der Waals surface area (Å²) in [4.78, 5) is 26.9. The van der Waals surface area contributed by atoms with Crippen molar-refractivity contribution < 1.29 is 23.8 Å². The Hall–Kier alpha value is -2.24. The van der Waals surface area contributed by atoms with Gasteiger partial charge in [-0.25, -0.2) is 0 Å². The van der Waals surface area contributed by atoms with E-state index in [-0.39, 0.29) is 31.1 Å². The minimum Gasteiger partial charge on any atom is -0.466 e. The van der Waals surface area contributed by atoms with Crippen LogP contribution < -0.4 is 9.47 Å². The minimum atomic E-state index is -0.260. The van der Waals surface area contributed by atoms with E-state index in [1.807, 2.05) is 4.90 Å². The molecule has 0 N–H and O–H groups in total. The van der Waals surface area contributed by atoms with Gasteiger partial charge in [0.05, 0.1) is 13.0 Å². The van der Waals surface area contributed by atoms with Crippen molar-refractivity contribution in [3.8, 4) is 11.5 Å². The van der Waals surface area contributed by atoms with Crippen molar-refractivity contribution in [1.82, 2.24) is 4.90 Å². The number of fused-ring (bicyclic) bond motifs is 1. The van der Waals surface area contributed by atoms with Crippen LogP contribution in [0.1, 0.15) is 62.2 Å². The number of carbonyl (C=O) groups excluding carboxylic acids is 2. The van der Waals surface area contributed by atoms with Crippen LogP contribution >= 0.6 is 0 Å². The Balaban J connectivity index is 1.76. The summed E-state index contributed by atoms with van der Waals surface area (Å²) in [5, 5.41) is 0. The first kappa shape index (κ1) is 18.5. The van der Waals surface area contributed by atoms with E-state index < -0.39 is 0 Å². The van der Waals surface area contributed by atoms with E-state index in [1.165, 1.54) is 12.8 Å². The highest BCUT2D eigenvalue weighted by Crippen LogP contribution is 2.33. The van der Waals surface area contributed by atoms with Gasteiger partial charge in [-0.2, -0.15) is 0 Å². The molecule has 0 saturated heterocycles. The van der Waals surface area contributed by atoms with Crippen LogP contribution in [0, 0.1) is 0 Å². The molecule has 1 amide bonds. The molecular weight excluding hydrogens is 334 g/mol. The highest BCUT2D eigenvalue weighted by atomic mass is 16.7. The average molecular weight is 361 g/mol. The van der Waals surface area contributed by atoms with Gasteiger partial charge in [0, 0.05) is 18.2 Å². The number of ether oxygens (including phenoxy) is 3. The molecule has 1 heterocycles. The van der Waals surface area contributed by atoms with Gasteiger partial charge < -0.3 is 19.1 Å². The Bertz CT molecular complexity index is 637. The molecule has 0 bridgehead atoms. The van der Waals surface area contributed by atoms with Crippen LogP contribution in [0.25, 0.3) is 0 Å². The predicted molar refractivity (Wildman–Crippen MR) is 96.3 cm³/mol. The first-order valence-electron chi connectivity index (χ1n) is 9.55. The number of benzene rings is 1. The first-order valence-corrected chi connectivity index (χ1v) is 9.55. The van der Waals surface area contributed by atoms with Crippen LogP contribution in [0.4, 0.5) is 0 Å². The molecule has 1 aliphatic carbocycles. The number of esters is 1. The van der Waals surface area contributed by atoms with Crippen molar-refractivity contribution in [2.45, 2.75) is 57.9 Å². The van der Waals surface area contributed by atoms with Crippen LogP contribution in [-0.4, -0.2) is 42.8 Å². The fraction of sp³-hybridized carbons (Fsp3) is 0.600. The maximum Gasteiger partial charge on any atom is 0.307 e. The van der Waals surface area contributed by atoms with Gasteiger partial charge in [-0.1, -0.05) is 25.7 Å². The smallest absolute Gasteiger partial charge is 0.307 e. The third kappa shape index (κ3) is 4.48. The maximum atomic E-state index is 13.2. The quantitative estimate of drug-likeness (QED) is 0.573. The molecule has 1 aromatic carbocycles. The molecule has 1 saturated carbocycles. The van der Waals surface area contributed by atoms with E-state index in [4.69, 9.17) is 14.2 Å². The molecule has 26 heavy (non-hydrogen) atoms. The van der Waals surface area contributed by atoms with E-state index in [0.717, 1.165) is 25.7 Å². The van der Waals surface area contributed by atoms with Gasteiger partial charge in [0.1, 0.15) is 0 Å². The molecule has 3 rings (SSSR count). The number of amides is 1. The lowest BCUT2D eigenvalue weighted by Gasteiger charge is -2.31.